The highest BCUT2D eigenvalue weighted by atomic mass is 16.5. The number of para-hydroxylation sites is 1. The van der Waals surface area contributed by atoms with Gasteiger partial charge in [-0.25, -0.2) is 9.67 Å². The molecule has 1 aromatic carbocycles. The van der Waals surface area contributed by atoms with E-state index in [0.29, 0.717) is 5.92 Å². The topological polar surface area (TPSA) is 52.0 Å². The van der Waals surface area contributed by atoms with Crippen molar-refractivity contribution in [3.05, 3.63) is 42.0 Å². The number of hydrogen-bond acceptors (Lipinski definition) is 4. The fourth-order valence-corrected chi connectivity index (χ4v) is 2.54. The predicted octanol–water partition coefficient (Wildman–Crippen LogP) is 2.03. The summed E-state index contributed by atoms with van der Waals surface area (Å²) in [5.74, 6) is 2.48. The average molecular weight is 286 g/mol. The summed E-state index contributed by atoms with van der Waals surface area (Å²) in [5.41, 5.74) is 1.28. The largest absolute Gasteiger partial charge is 0.488 e. The zero-order valence-electron chi connectivity index (χ0n) is 12.6. The first-order chi connectivity index (χ1) is 10.2. The standard InChI is InChI=1S/C16H22N4O/c1-12(2)8-17-9-16-18-11-20(19-16)10-14-7-13-5-3-4-6-15(13)21-14/h3-6,11-12,14,17H,7-10H2,1-2H3. The van der Waals surface area contributed by atoms with Crippen LogP contribution in [0.4, 0.5) is 0 Å². The molecule has 0 aliphatic carbocycles. The van der Waals surface area contributed by atoms with E-state index in [2.05, 4.69) is 41.4 Å². The van der Waals surface area contributed by atoms with Crippen LogP contribution in [0.15, 0.2) is 30.6 Å². The Kier molecular flexibility index (Phi) is 4.20. The lowest BCUT2D eigenvalue weighted by molar-refractivity contribution is 0.203. The zero-order valence-corrected chi connectivity index (χ0v) is 12.6. The Balaban J connectivity index is 1.52. The lowest BCUT2D eigenvalue weighted by atomic mass is 10.1. The van der Waals surface area contributed by atoms with E-state index >= 15 is 0 Å². The second-order valence-electron chi connectivity index (χ2n) is 5.96. The molecule has 3 rings (SSSR count). The van der Waals surface area contributed by atoms with Gasteiger partial charge in [0.05, 0.1) is 13.1 Å². The monoisotopic (exact) mass is 286 g/mol. The van der Waals surface area contributed by atoms with E-state index in [0.717, 1.165) is 37.6 Å². The molecule has 1 atom stereocenters. The van der Waals surface area contributed by atoms with Crippen LogP contribution < -0.4 is 10.1 Å². The van der Waals surface area contributed by atoms with Crippen molar-refractivity contribution in [2.75, 3.05) is 6.54 Å². The molecule has 112 valence electrons. The van der Waals surface area contributed by atoms with Crippen LogP contribution in [0.3, 0.4) is 0 Å². The fraction of sp³-hybridized carbons (Fsp3) is 0.500. The van der Waals surface area contributed by atoms with E-state index < -0.39 is 0 Å². The summed E-state index contributed by atoms with van der Waals surface area (Å²) in [6.07, 6.45) is 2.89. The molecule has 0 saturated heterocycles. The highest BCUT2D eigenvalue weighted by Gasteiger charge is 2.22. The lowest BCUT2D eigenvalue weighted by Gasteiger charge is -2.09. The summed E-state index contributed by atoms with van der Waals surface area (Å²) in [5, 5.41) is 7.85. The Morgan fingerprint density at radius 2 is 2.24 bits per heavy atom. The molecule has 0 amide bonds. The Morgan fingerprint density at radius 1 is 1.38 bits per heavy atom. The van der Waals surface area contributed by atoms with Crippen molar-refractivity contribution in [3.63, 3.8) is 0 Å². The first-order valence-electron chi connectivity index (χ1n) is 7.54. The van der Waals surface area contributed by atoms with Crippen molar-refractivity contribution in [1.82, 2.24) is 20.1 Å². The van der Waals surface area contributed by atoms with Gasteiger partial charge in [0.2, 0.25) is 0 Å². The van der Waals surface area contributed by atoms with Crippen LogP contribution in [-0.2, 0) is 19.5 Å². The van der Waals surface area contributed by atoms with Crippen molar-refractivity contribution in [2.24, 2.45) is 5.92 Å². The third-order valence-electron chi connectivity index (χ3n) is 3.52. The van der Waals surface area contributed by atoms with Gasteiger partial charge in [-0.15, -0.1) is 0 Å². The van der Waals surface area contributed by atoms with Gasteiger partial charge in [0.15, 0.2) is 5.82 Å². The van der Waals surface area contributed by atoms with Crippen LogP contribution in [-0.4, -0.2) is 27.4 Å². The molecule has 0 fully saturated rings. The minimum atomic E-state index is 0.153. The molecule has 0 bridgehead atoms. The average Bonchev–Trinajstić information content (AvgIpc) is 3.04. The second kappa shape index (κ2) is 6.26. The quantitative estimate of drug-likeness (QED) is 0.883. The van der Waals surface area contributed by atoms with Crippen LogP contribution in [0.5, 0.6) is 5.75 Å². The molecule has 1 aliphatic heterocycles. The van der Waals surface area contributed by atoms with Gasteiger partial charge in [0.1, 0.15) is 18.2 Å². The molecule has 1 aliphatic rings. The molecule has 1 N–H and O–H groups in total. The Labute approximate surface area is 125 Å². The molecule has 1 aromatic heterocycles. The number of fused-ring (bicyclic) bond motifs is 1. The van der Waals surface area contributed by atoms with Crippen LogP contribution in [0.2, 0.25) is 0 Å². The van der Waals surface area contributed by atoms with Gasteiger partial charge in [-0.2, -0.15) is 5.10 Å². The number of benzene rings is 1. The van der Waals surface area contributed by atoms with E-state index in [1.54, 1.807) is 6.33 Å². The maximum absolute atomic E-state index is 5.93. The molecular weight excluding hydrogens is 264 g/mol. The summed E-state index contributed by atoms with van der Waals surface area (Å²) in [7, 11) is 0. The number of nitrogens with one attached hydrogen (secondary N) is 1. The summed E-state index contributed by atoms with van der Waals surface area (Å²) in [4.78, 5) is 4.34. The molecule has 21 heavy (non-hydrogen) atoms. The minimum absolute atomic E-state index is 0.153. The van der Waals surface area contributed by atoms with E-state index in [1.807, 2.05) is 16.8 Å². The SMILES string of the molecule is CC(C)CNCc1ncn(CC2Cc3ccccc3O2)n1. The fourth-order valence-electron chi connectivity index (χ4n) is 2.54. The van der Waals surface area contributed by atoms with Gasteiger partial charge in [0, 0.05) is 6.42 Å². The summed E-state index contributed by atoms with van der Waals surface area (Å²) < 4.78 is 7.81. The normalized spacial score (nSPS) is 17.0. The van der Waals surface area contributed by atoms with E-state index in [4.69, 9.17) is 4.74 Å². The number of rotatable bonds is 6. The lowest BCUT2D eigenvalue weighted by Crippen LogP contribution is -2.22. The highest BCUT2D eigenvalue weighted by molar-refractivity contribution is 5.37. The zero-order chi connectivity index (χ0) is 14.7. The third-order valence-corrected chi connectivity index (χ3v) is 3.52. The minimum Gasteiger partial charge on any atom is -0.488 e. The van der Waals surface area contributed by atoms with Crippen LogP contribution >= 0.6 is 0 Å². The number of nitrogens with zero attached hydrogens (tertiary/aromatic N) is 3. The van der Waals surface area contributed by atoms with Crippen LogP contribution in [0.1, 0.15) is 25.2 Å². The first-order valence-corrected chi connectivity index (χ1v) is 7.54. The van der Waals surface area contributed by atoms with Crippen molar-refractivity contribution in [2.45, 2.75) is 39.5 Å². The highest BCUT2D eigenvalue weighted by Crippen LogP contribution is 2.28. The molecule has 1 unspecified atom stereocenters. The molecule has 5 nitrogen and oxygen atoms in total. The molecule has 2 heterocycles. The van der Waals surface area contributed by atoms with Gasteiger partial charge in [-0.05, 0) is 24.1 Å². The van der Waals surface area contributed by atoms with Gasteiger partial charge in [-0.3, -0.25) is 0 Å². The summed E-state index contributed by atoms with van der Waals surface area (Å²) in [6.45, 7) is 6.82. The van der Waals surface area contributed by atoms with Gasteiger partial charge in [-0.1, -0.05) is 32.0 Å². The summed E-state index contributed by atoms with van der Waals surface area (Å²) in [6, 6.07) is 8.21. The van der Waals surface area contributed by atoms with Gasteiger partial charge in [0.25, 0.3) is 0 Å². The number of aromatic nitrogens is 3. The van der Waals surface area contributed by atoms with Crippen molar-refractivity contribution in [3.8, 4) is 5.75 Å². The maximum atomic E-state index is 5.93. The van der Waals surface area contributed by atoms with Crippen LogP contribution in [0, 0.1) is 5.92 Å². The molecule has 0 spiro atoms. The van der Waals surface area contributed by atoms with Gasteiger partial charge >= 0.3 is 0 Å². The van der Waals surface area contributed by atoms with E-state index in [1.165, 1.54) is 5.56 Å². The Morgan fingerprint density at radius 3 is 3.05 bits per heavy atom. The third kappa shape index (κ3) is 3.61. The Hall–Kier alpha value is -1.88. The number of ether oxygens (including phenoxy) is 1. The van der Waals surface area contributed by atoms with Crippen molar-refractivity contribution >= 4 is 0 Å². The summed E-state index contributed by atoms with van der Waals surface area (Å²) >= 11 is 0. The smallest absolute Gasteiger partial charge is 0.164 e. The number of hydrogen-bond donors (Lipinski definition) is 1. The molecule has 0 radical (unpaired) electrons. The Bertz CT molecular complexity index is 568. The van der Waals surface area contributed by atoms with Gasteiger partial charge < -0.3 is 10.1 Å². The van der Waals surface area contributed by atoms with Crippen molar-refractivity contribution in [1.29, 1.82) is 0 Å². The molecule has 0 saturated carbocycles. The van der Waals surface area contributed by atoms with Crippen LogP contribution in [0.25, 0.3) is 0 Å². The van der Waals surface area contributed by atoms with E-state index in [9.17, 15) is 0 Å². The second-order valence-corrected chi connectivity index (χ2v) is 5.96. The maximum Gasteiger partial charge on any atom is 0.164 e. The first kappa shape index (κ1) is 14.1. The molecular formula is C16H22N4O. The van der Waals surface area contributed by atoms with Crippen molar-refractivity contribution < 1.29 is 4.74 Å². The predicted molar refractivity (Wildman–Crippen MR) is 81.1 cm³/mol. The van der Waals surface area contributed by atoms with E-state index in [-0.39, 0.29) is 6.10 Å². The molecule has 2 aromatic rings. The molecule has 5 heteroatoms.